The Morgan fingerprint density at radius 2 is 2.03 bits per heavy atom. The van der Waals surface area contributed by atoms with Gasteiger partial charge in [0.25, 0.3) is 0 Å². The Balaban J connectivity index is 1.71. The van der Waals surface area contributed by atoms with E-state index in [1.165, 1.54) is 36.5 Å². The third kappa shape index (κ3) is 3.87. The number of hydrogen-bond acceptors (Lipinski definition) is 6. The Labute approximate surface area is 192 Å². The van der Waals surface area contributed by atoms with E-state index in [0.29, 0.717) is 35.3 Å². The van der Waals surface area contributed by atoms with Crippen LogP contribution in [-0.2, 0) is 4.79 Å². The van der Waals surface area contributed by atoms with Crippen molar-refractivity contribution in [2.75, 3.05) is 25.5 Å². The summed E-state index contributed by atoms with van der Waals surface area (Å²) in [6.07, 6.45) is 2.53. The van der Waals surface area contributed by atoms with E-state index in [0.717, 1.165) is 0 Å². The zero-order valence-electron chi connectivity index (χ0n) is 16.9. The molecule has 0 aliphatic carbocycles. The number of Topliss-reactive ketones (excluding diaryl/α,β-unsaturated/α-hetero) is 1. The first kappa shape index (κ1) is 22.0. The summed E-state index contributed by atoms with van der Waals surface area (Å²) >= 11 is 11.8. The van der Waals surface area contributed by atoms with E-state index in [1.807, 2.05) is 0 Å². The van der Waals surface area contributed by atoms with E-state index in [4.69, 9.17) is 27.9 Å². The molecule has 1 fully saturated rings. The molecule has 10 heteroatoms. The molecule has 1 saturated heterocycles. The zero-order valence-corrected chi connectivity index (χ0v) is 18.4. The number of nitrogens with zero attached hydrogens (tertiary/aromatic N) is 3. The quantitative estimate of drug-likeness (QED) is 0.317. The summed E-state index contributed by atoms with van der Waals surface area (Å²) in [5, 5.41) is 3.25. The monoisotopic (exact) mass is 474 g/mol. The van der Waals surface area contributed by atoms with Gasteiger partial charge in [0.05, 0.1) is 39.8 Å². The second-order valence-corrected chi connectivity index (χ2v) is 7.93. The predicted molar refractivity (Wildman–Crippen MR) is 120 cm³/mol. The predicted octanol–water partition coefficient (Wildman–Crippen LogP) is 4.66. The number of benzene rings is 2. The number of amides is 1. The number of fused-ring (bicyclic) bond motifs is 1. The molecule has 3 aromatic rings. The summed E-state index contributed by atoms with van der Waals surface area (Å²) in [6, 6.07) is 6.12. The van der Waals surface area contributed by atoms with Crippen LogP contribution in [0.1, 0.15) is 10.4 Å². The molecule has 1 amide bonds. The second-order valence-electron chi connectivity index (χ2n) is 7.15. The van der Waals surface area contributed by atoms with Crippen molar-refractivity contribution in [2.24, 2.45) is 5.92 Å². The third-order valence-electron chi connectivity index (χ3n) is 5.25. The van der Waals surface area contributed by atoms with E-state index in [-0.39, 0.29) is 39.2 Å². The van der Waals surface area contributed by atoms with Crippen LogP contribution < -0.4 is 10.1 Å². The Hall–Kier alpha value is -3.23. The van der Waals surface area contributed by atoms with Crippen LogP contribution >= 0.6 is 23.2 Å². The highest BCUT2D eigenvalue weighted by Gasteiger charge is 2.36. The molecular formula is C22H17Cl2FN4O3. The highest BCUT2D eigenvalue weighted by Crippen LogP contribution is 2.35. The number of aromatic nitrogens is 2. The number of hydrogen-bond donors (Lipinski definition) is 1. The number of likely N-dealkylation sites (tertiary alicyclic amines) is 1. The molecule has 0 bridgehead atoms. The molecule has 0 spiro atoms. The maximum atomic E-state index is 14.5. The molecule has 1 aromatic heterocycles. The summed E-state index contributed by atoms with van der Waals surface area (Å²) in [4.78, 5) is 34.8. The Morgan fingerprint density at radius 3 is 2.72 bits per heavy atom. The lowest BCUT2D eigenvalue weighted by atomic mass is 9.89. The first-order valence-electron chi connectivity index (χ1n) is 9.52. The van der Waals surface area contributed by atoms with E-state index < -0.39 is 5.82 Å². The van der Waals surface area contributed by atoms with Crippen LogP contribution in [0.2, 0.25) is 10.0 Å². The van der Waals surface area contributed by atoms with Crippen LogP contribution in [0.5, 0.6) is 5.75 Å². The lowest BCUT2D eigenvalue weighted by Crippen LogP contribution is -2.52. The molecule has 0 unspecified atom stereocenters. The van der Waals surface area contributed by atoms with Crippen molar-refractivity contribution < 1.29 is 18.7 Å². The van der Waals surface area contributed by atoms with Gasteiger partial charge in [0.2, 0.25) is 5.91 Å². The molecule has 0 saturated carbocycles. The van der Waals surface area contributed by atoms with Gasteiger partial charge in [-0.25, -0.2) is 14.4 Å². The van der Waals surface area contributed by atoms with Gasteiger partial charge in [-0.3, -0.25) is 9.59 Å². The Kier molecular flexibility index (Phi) is 5.99. The van der Waals surface area contributed by atoms with Gasteiger partial charge < -0.3 is 15.0 Å². The highest BCUT2D eigenvalue weighted by molar-refractivity contribution is 6.42. The van der Waals surface area contributed by atoms with Crippen LogP contribution in [0.25, 0.3) is 10.9 Å². The maximum absolute atomic E-state index is 14.5. The van der Waals surface area contributed by atoms with Crippen LogP contribution in [0.15, 0.2) is 43.2 Å². The third-order valence-corrected chi connectivity index (χ3v) is 6.03. The molecule has 2 aromatic carbocycles. The molecule has 164 valence electrons. The average molecular weight is 475 g/mol. The van der Waals surface area contributed by atoms with Gasteiger partial charge in [-0.15, -0.1) is 0 Å². The van der Waals surface area contributed by atoms with E-state index in [9.17, 15) is 14.0 Å². The number of anilines is 2. The largest absolute Gasteiger partial charge is 0.496 e. The molecule has 0 radical (unpaired) electrons. The van der Waals surface area contributed by atoms with Crippen molar-refractivity contribution in [1.82, 2.24) is 14.9 Å². The smallest absolute Gasteiger partial charge is 0.246 e. The normalized spacial score (nSPS) is 13.6. The van der Waals surface area contributed by atoms with Crippen LogP contribution in [0.3, 0.4) is 0 Å². The van der Waals surface area contributed by atoms with Crippen LogP contribution in [0.4, 0.5) is 15.9 Å². The molecule has 2 heterocycles. The van der Waals surface area contributed by atoms with Gasteiger partial charge in [0.15, 0.2) is 11.6 Å². The second kappa shape index (κ2) is 8.72. The molecular weight excluding hydrogens is 458 g/mol. The summed E-state index contributed by atoms with van der Waals surface area (Å²) in [6.45, 7) is 4.06. The molecule has 0 atom stereocenters. The molecule has 1 aliphatic rings. The summed E-state index contributed by atoms with van der Waals surface area (Å²) in [5.74, 6) is -0.853. The van der Waals surface area contributed by atoms with Crippen LogP contribution in [-0.4, -0.2) is 46.8 Å². The fourth-order valence-electron chi connectivity index (χ4n) is 3.47. The standard InChI is InChI=1S/C22H17Cl2FN4O3/c1-3-18(30)29-8-11(9-29)21(31)13-6-12-16(7-17(13)32-2)26-10-27-22(12)28-15-5-4-14(23)19(24)20(15)25/h3-7,10-11H,1,8-9H2,2H3,(H,26,27,28). The van der Waals surface area contributed by atoms with Gasteiger partial charge in [-0.05, 0) is 24.3 Å². The van der Waals surface area contributed by atoms with Crippen molar-refractivity contribution >= 4 is 57.3 Å². The minimum Gasteiger partial charge on any atom is -0.496 e. The van der Waals surface area contributed by atoms with Gasteiger partial charge >= 0.3 is 0 Å². The van der Waals surface area contributed by atoms with Gasteiger partial charge in [-0.2, -0.15) is 0 Å². The van der Waals surface area contributed by atoms with Crippen molar-refractivity contribution in [3.63, 3.8) is 0 Å². The molecule has 32 heavy (non-hydrogen) atoms. The number of nitrogens with one attached hydrogen (secondary N) is 1. The van der Waals surface area contributed by atoms with E-state index >= 15 is 0 Å². The lowest BCUT2D eigenvalue weighted by molar-refractivity contribution is -0.130. The number of ether oxygens (including phenoxy) is 1. The highest BCUT2D eigenvalue weighted by atomic mass is 35.5. The molecule has 7 nitrogen and oxygen atoms in total. The Bertz CT molecular complexity index is 1260. The summed E-state index contributed by atoms with van der Waals surface area (Å²) < 4.78 is 19.9. The minimum atomic E-state index is -0.725. The number of halogens is 3. The minimum absolute atomic E-state index is 0.0701. The number of rotatable bonds is 6. The number of carbonyl (C=O) groups excluding carboxylic acids is 2. The Morgan fingerprint density at radius 1 is 1.28 bits per heavy atom. The van der Waals surface area contributed by atoms with E-state index in [1.54, 1.807) is 12.1 Å². The van der Waals surface area contributed by atoms with Crippen molar-refractivity contribution in [1.29, 1.82) is 0 Å². The first-order valence-corrected chi connectivity index (χ1v) is 10.3. The number of ketones is 1. The fraction of sp³-hybridized carbons (Fsp3) is 0.182. The molecule has 4 rings (SSSR count). The van der Waals surface area contributed by atoms with Gasteiger partial charge in [-0.1, -0.05) is 29.8 Å². The lowest BCUT2D eigenvalue weighted by Gasteiger charge is -2.37. The van der Waals surface area contributed by atoms with Crippen LogP contribution in [0, 0.1) is 11.7 Å². The molecule has 1 N–H and O–H groups in total. The molecule has 1 aliphatic heterocycles. The van der Waals surface area contributed by atoms with Gasteiger partial charge in [0.1, 0.15) is 17.9 Å². The van der Waals surface area contributed by atoms with E-state index in [2.05, 4.69) is 21.9 Å². The van der Waals surface area contributed by atoms with Gasteiger partial charge in [0, 0.05) is 24.5 Å². The van der Waals surface area contributed by atoms with Crippen molar-refractivity contribution in [3.05, 3.63) is 64.7 Å². The van der Waals surface area contributed by atoms with Crippen molar-refractivity contribution in [3.8, 4) is 5.75 Å². The summed E-state index contributed by atoms with van der Waals surface area (Å²) in [7, 11) is 1.46. The number of carbonyl (C=O) groups is 2. The first-order chi connectivity index (χ1) is 15.3. The average Bonchev–Trinajstić information content (AvgIpc) is 2.77. The fourth-order valence-corrected chi connectivity index (χ4v) is 3.78. The van der Waals surface area contributed by atoms with Crippen molar-refractivity contribution in [2.45, 2.75) is 0 Å². The zero-order chi connectivity index (χ0) is 23.0. The summed E-state index contributed by atoms with van der Waals surface area (Å²) in [5.41, 5.74) is 0.886. The SMILES string of the molecule is C=CC(=O)N1CC(C(=O)c2cc3c(Nc4ccc(Cl)c(Cl)c4F)ncnc3cc2OC)C1. The maximum Gasteiger partial charge on any atom is 0.246 e. The number of methoxy groups -OCH3 is 1. The topological polar surface area (TPSA) is 84.4 Å².